The molecule has 2 aromatic heterocycles. The Morgan fingerprint density at radius 3 is 2.76 bits per heavy atom. The van der Waals surface area contributed by atoms with Crippen molar-refractivity contribution in [2.45, 2.75) is 31.6 Å². The first-order chi connectivity index (χ1) is 16.0. The molecule has 1 amide bonds. The molecule has 0 fully saturated rings. The van der Waals surface area contributed by atoms with E-state index in [-0.39, 0.29) is 24.0 Å². The zero-order valence-corrected chi connectivity index (χ0v) is 18.0. The van der Waals surface area contributed by atoms with Gasteiger partial charge in [-0.3, -0.25) is 9.59 Å². The largest absolute Gasteiger partial charge is 0.469 e. The van der Waals surface area contributed by atoms with Gasteiger partial charge in [0.05, 0.1) is 6.26 Å². The summed E-state index contributed by atoms with van der Waals surface area (Å²) in [4.78, 5) is 31.0. The first kappa shape index (κ1) is 20.9. The van der Waals surface area contributed by atoms with Gasteiger partial charge in [-0.1, -0.05) is 18.2 Å². The molecule has 7 heteroatoms. The van der Waals surface area contributed by atoms with Gasteiger partial charge in [-0.2, -0.15) is 0 Å². The van der Waals surface area contributed by atoms with Crippen molar-refractivity contribution in [3.05, 3.63) is 107 Å². The molecule has 0 saturated heterocycles. The number of furan rings is 1. The smallest absolute Gasteiger partial charge is 0.255 e. The van der Waals surface area contributed by atoms with Gasteiger partial charge in [0.2, 0.25) is 0 Å². The zero-order valence-electron chi connectivity index (χ0n) is 18.0. The number of pyridine rings is 1. The summed E-state index contributed by atoms with van der Waals surface area (Å²) < 4.78 is 19.8. The van der Waals surface area contributed by atoms with Crippen molar-refractivity contribution >= 4 is 17.5 Å². The minimum Gasteiger partial charge on any atom is -0.469 e. The summed E-state index contributed by atoms with van der Waals surface area (Å²) in [7, 11) is 0. The molecule has 0 unspecified atom stereocenters. The molecule has 3 aromatic rings. The number of allylic oxidation sites excluding steroid dienone is 3. The lowest BCUT2D eigenvalue weighted by molar-refractivity contribution is -0.116. The average molecular weight is 443 g/mol. The number of hydrogen-bond donors (Lipinski definition) is 2. The van der Waals surface area contributed by atoms with Crippen molar-refractivity contribution in [2.24, 2.45) is 0 Å². The number of halogens is 1. The Labute approximate surface area is 190 Å². The van der Waals surface area contributed by atoms with Crippen LogP contribution in [0.4, 0.5) is 10.2 Å². The van der Waals surface area contributed by atoms with E-state index in [0.717, 1.165) is 11.5 Å². The zero-order chi connectivity index (χ0) is 22.9. The van der Waals surface area contributed by atoms with E-state index in [1.54, 1.807) is 55.8 Å². The fraction of sp³-hybridized carbons (Fsp3) is 0.192. The minimum atomic E-state index is -0.689. The topological polar surface area (TPSA) is 84.2 Å². The van der Waals surface area contributed by atoms with E-state index in [9.17, 15) is 14.0 Å². The maximum absolute atomic E-state index is 14.2. The van der Waals surface area contributed by atoms with Gasteiger partial charge in [0.1, 0.15) is 17.4 Å². The van der Waals surface area contributed by atoms with E-state index >= 15 is 0 Å². The Morgan fingerprint density at radius 2 is 2.03 bits per heavy atom. The average Bonchev–Trinajstić information content (AvgIpc) is 3.33. The lowest BCUT2D eigenvalue weighted by Gasteiger charge is -2.36. The number of nitrogens with one attached hydrogen (secondary N) is 2. The molecule has 2 atom stereocenters. The maximum atomic E-state index is 14.2. The number of carbonyl (C=O) groups excluding carboxylic acids is 2. The number of hydrogen-bond acceptors (Lipinski definition) is 5. The van der Waals surface area contributed by atoms with Crippen LogP contribution >= 0.6 is 0 Å². The number of anilines is 1. The maximum Gasteiger partial charge on any atom is 0.255 e. The highest BCUT2D eigenvalue weighted by atomic mass is 19.1. The van der Waals surface area contributed by atoms with Gasteiger partial charge in [-0.05, 0) is 55.3 Å². The van der Waals surface area contributed by atoms with Crippen LogP contribution in [0.1, 0.15) is 42.9 Å². The highest BCUT2D eigenvalue weighted by molar-refractivity contribution is 6.09. The summed E-state index contributed by atoms with van der Waals surface area (Å²) >= 11 is 0. The van der Waals surface area contributed by atoms with E-state index in [0.29, 0.717) is 34.6 Å². The molecule has 6 nitrogen and oxygen atoms in total. The van der Waals surface area contributed by atoms with Crippen LogP contribution in [0.2, 0.25) is 0 Å². The Bertz CT molecular complexity index is 1280. The minimum absolute atomic E-state index is 0.0879. The first-order valence-corrected chi connectivity index (χ1v) is 10.8. The second-order valence-corrected chi connectivity index (χ2v) is 8.26. The standard InChI is InChI=1S/C26H22FN3O3/c1-15-23(26(32)30-22-9-2-3-10-28-22)24(16-6-4-7-18(27)12-16)25-19(29-15)13-17(14-20(25)31)21-8-5-11-33-21/h2-12,17,24,29H,13-14H2,1H3,(H,28,30,32)/t17-,24-/m1/s1. The monoisotopic (exact) mass is 443 g/mol. The van der Waals surface area contributed by atoms with E-state index in [1.165, 1.54) is 12.1 Å². The number of rotatable bonds is 4. The molecule has 5 rings (SSSR count). The van der Waals surface area contributed by atoms with Crippen LogP contribution in [0.5, 0.6) is 0 Å². The summed E-state index contributed by atoms with van der Waals surface area (Å²) in [6, 6.07) is 15.0. The van der Waals surface area contributed by atoms with Crippen molar-refractivity contribution in [1.29, 1.82) is 0 Å². The molecule has 33 heavy (non-hydrogen) atoms. The molecule has 0 spiro atoms. The first-order valence-electron chi connectivity index (χ1n) is 10.8. The molecule has 166 valence electrons. The van der Waals surface area contributed by atoms with Crippen LogP contribution in [0.15, 0.2) is 94.0 Å². The summed E-state index contributed by atoms with van der Waals surface area (Å²) in [5.41, 5.74) is 2.78. The summed E-state index contributed by atoms with van der Waals surface area (Å²) in [6.07, 6.45) is 4.00. The van der Waals surface area contributed by atoms with Crippen LogP contribution in [0, 0.1) is 5.82 Å². The molecule has 1 aromatic carbocycles. The third kappa shape index (κ3) is 3.98. The van der Waals surface area contributed by atoms with Crippen LogP contribution in [-0.4, -0.2) is 16.7 Å². The summed E-state index contributed by atoms with van der Waals surface area (Å²) in [6.45, 7) is 1.80. The van der Waals surface area contributed by atoms with Crippen molar-refractivity contribution < 1.29 is 18.4 Å². The Hall–Kier alpha value is -4.00. The van der Waals surface area contributed by atoms with Crippen LogP contribution in [0.3, 0.4) is 0 Å². The molecular formula is C26H22FN3O3. The summed E-state index contributed by atoms with van der Waals surface area (Å²) in [5.74, 6) is -0.537. The van der Waals surface area contributed by atoms with Crippen molar-refractivity contribution in [1.82, 2.24) is 10.3 Å². The molecule has 1 aliphatic heterocycles. The third-order valence-electron chi connectivity index (χ3n) is 6.11. The SMILES string of the molecule is CC1=C(C(=O)Nc2ccccn2)[C@@H](c2cccc(F)c2)C2=C(C[C@@H](c3ccco3)CC2=O)N1. The molecule has 3 heterocycles. The second-order valence-electron chi connectivity index (χ2n) is 8.26. The molecule has 1 aliphatic carbocycles. The van der Waals surface area contributed by atoms with Crippen LogP contribution in [0.25, 0.3) is 0 Å². The number of dihydropyridines is 1. The predicted molar refractivity (Wildman–Crippen MR) is 121 cm³/mol. The van der Waals surface area contributed by atoms with Crippen LogP contribution in [-0.2, 0) is 9.59 Å². The fourth-order valence-electron chi connectivity index (χ4n) is 4.70. The number of ketones is 1. The number of Topliss-reactive ketones (excluding diaryl/α,β-unsaturated/α-hetero) is 1. The molecule has 0 saturated carbocycles. The third-order valence-corrected chi connectivity index (χ3v) is 6.11. The number of benzene rings is 1. The summed E-state index contributed by atoms with van der Waals surface area (Å²) in [5, 5.41) is 6.10. The van der Waals surface area contributed by atoms with Crippen LogP contribution < -0.4 is 10.6 Å². The van der Waals surface area contributed by atoms with Crippen molar-refractivity contribution in [3.8, 4) is 0 Å². The predicted octanol–water partition coefficient (Wildman–Crippen LogP) is 4.81. The Kier molecular flexibility index (Phi) is 5.38. The Balaban J connectivity index is 1.58. The lowest BCUT2D eigenvalue weighted by atomic mass is 9.72. The van der Waals surface area contributed by atoms with E-state index in [4.69, 9.17) is 4.42 Å². The fourth-order valence-corrected chi connectivity index (χ4v) is 4.70. The van der Waals surface area contributed by atoms with Gasteiger partial charge in [0, 0.05) is 47.0 Å². The van der Waals surface area contributed by atoms with Crippen molar-refractivity contribution in [3.63, 3.8) is 0 Å². The molecule has 2 aliphatic rings. The second kappa shape index (κ2) is 8.50. The highest BCUT2D eigenvalue weighted by Crippen LogP contribution is 2.45. The number of carbonyl (C=O) groups is 2. The van der Waals surface area contributed by atoms with Gasteiger partial charge >= 0.3 is 0 Å². The van der Waals surface area contributed by atoms with Gasteiger partial charge in [0.15, 0.2) is 5.78 Å². The normalized spacial score (nSPS) is 20.4. The molecule has 2 N–H and O–H groups in total. The quantitative estimate of drug-likeness (QED) is 0.604. The lowest BCUT2D eigenvalue weighted by Crippen LogP contribution is -2.37. The van der Waals surface area contributed by atoms with Crippen molar-refractivity contribution in [2.75, 3.05) is 5.32 Å². The van der Waals surface area contributed by atoms with Gasteiger partial charge in [-0.15, -0.1) is 0 Å². The number of aromatic nitrogens is 1. The highest BCUT2D eigenvalue weighted by Gasteiger charge is 2.41. The van der Waals surface area contributed by atoms with E-state index < -0.39 is 11.7 Å². The Morgan fingerprint density at radius 1 is 1.15 bits per heavy atom. The molecule has 0 radical (unpaired) electrons. The van der Waals surface area contributed by atoms with Gasteiger partial charge in [0.25, 0.3) is 5.91 Å². The molecule has 0 bridgehead atoms. The van der Waals surface area contributed by atoms with E-state index in [2.05, 4.69) is 15.6 Å². The van der Waals surface area contributed by atoms with Gasteiger partial charge < -0.3 is 15.1 Å². The number of amides is 1. The molecular weight excluding hydrogens is 421 g/mol. The van der Waals surface area contributed by atoms with Gasteiger partial charge in [-0.25, -0.2) is 9.37 Å². The number of nitrogens with zero attached hydrogens (tertiary/aromatic N) is 1. The van der Waals surface area contributed by atoms with E-state index in [1.807, 2.05) is 6.07 Å².